The molecule has 1 atom stereocenters. The second kappa shape index (κ2) is 7.49. The summed E-state index contributed by atoms with van der Waals surface area (Å²) in [6.45, 7) is 0. The molecule has 0 aliphatic heterocycles. The summed E-state index contributed by atoms with van der Waals surface area (Å²) < 4.78 is 0. The van der Waals surface area contributed by atoms with Gasteiger partial charge in [-0.15, -0.1) is 0 Å². The van der Waals surface area contributed by atoms with Crippen molar-refractivity contribution in [3.63, 3.8) is 0 Å². The van der Waals surface area contributed by atoms with Crippen molar-refractivity contribution in [1.82, 2.24) is 5.32 Å². The average molecular weight is 290 g/mol. The van der Waals surface area contributed by atoms with Gasteiger partial charge >= 0.3 is 12.0 Å². The van der Waals surface area contributed by atoms with E-state index in [1.807, 2.05) is 6.07 Å². The molecule has 110 valence electrons. The maximum atomic E-state index is 11.7. The molecule has 8 nitrogen and oxygen atoms in total. The predicted molar refractivity (Wildman–Crippen MR) is 73.2 cm³/mol. The van der Waals surface area contributed by atoms with Crippen molar-refractivity contribution in [2.24, 2.45) is 5.73 Å². The highest BCUT2D eigenvalue weighted by Gasteiger charge is 2.20. The SMILES string of the molecule is N#Cc1cccc(NC(=O)NC(CCC(N)=O)C(=O)O)c1. The van der Waals surface area contributed by atoms with E-state index in [2.05, 4.69) is 10.6 Å². The van der Waals surface area contributed by atoms with Gasteiger partial charge in [0.1, 0.15) is 6.04 Å². The Morgan fingerprint density at radius 2 is 2.10 bits per heavy atom. The highest BCUT2D eigenvalue weighted by Crippen LogP contribution is 2.09. The van der Waals surface area contributed by atoms with Crippen molar-refractivity contribution in [2.45, 2.75) is 18.9 Å². The van der Waals surface area contributed by atoms with Crippen LogP contribution in [0.2, 0.25) is 0 Å². The number of nitrogens with two attached hydrogens (primary N) is 1. The first-order valence-electron chi connectivity index (χ1n) is 6.01. The van der Waals surface area contributed by atoms with Crippen LogP contribution >= 0.6 is 0 Å². The van der Waals surface area contributed by atoms with E-state index >= 15 is 0 Å². The summed E-state index contributed by atoms with van der Waals surface area (Å²) in [5, 5.41) is 22.3. The number of hydrogen-bond donors (Lipinski definition) is 4. The topological polar surface area (TPSA) is 145 Å². The molecule has 1 rings (SSSR count). The van der Waals surface area contributed by atoms with Crippen molar-refractivity contribution >= 4 is 23.6 Å². The van der Waals surface area contributed by atoms with Crippen molar-refractivity contribution in [1.29, 1.82) is 5.26 Å². The van der Waals surface area contributed by atoms with Crippen molar-refractivity contribution in [3.05, 3.63) is 29.8 Å². The Morgan fingerprint density at radius 3 is 2.67 bits per heavy atom. The number of nitrogens with zero attached hydrogens (tertiary/aromatic N) is 1. The molecule has 0 heterocycles. The Hall–Kier alpha value is -3.08. The summed E-state index contributed by atoms with van der Waals surface area (Å²) in [5.41, 5.74) is 5.65. The second-order valence-corrected chi connectivity index (χ2v) is 4.19. The number of nitrogens with one attached hydrogen (secondary N) is 2. The van der Waals surface area contributed by atoms with E-state index in [9.17, 15) is 14.4 Å². The van der Waals surface area contributed by atoms with Crippen molar-refractivity contribution in [3.8, 4) is 6.07 Å². The predicted octanol–water partition coefficient (Wildman–Crippen LogP) is 0.398. The highest BCUT2D eigenvalue weighted by molar-refractivity contribution is 5.92. The van der Waals surface area contributed by atoms with Crippen LogP contribution in [0.3, 0.4) is 0 Å². The zero-order valence-electron chi connectivity index (χ0n) is 11.0. The largest absolute Gasteiger partial charge is 0.480 e. The zero-order valence-corrected chi connectivity index (χ0v) is 11.0. The lowest BCUT2D eigenvalue weighted by atomic mass is 10.1. The lowest BCUT2D eigenvalue weighted by Crippen LogP contribution is -2.43. The van der Waals surface area contributed by atoms with Crippen LogP contribution in [0.4, 0.5) is 10.5 Å². The Balaban J connectivity index is 2.63. The molecule has 0 saturated carbocycles. The molecule has 0 aromatic heterocycles. The Morgan fingerprint density at radius 1 is 1.38 bits per heavy atom. The van der Waals surface area contributed by atoms with Crippen molar-refractivity contribution < 1.29 is 19.5 Å². The third-order valence-electron chi connectivity index (χ3n) is 2.53. The molecular weight excluding hydrogens is 276 g/mol. The standard InChI is InChI=1S/C13H14N4O4/c14-7-8-2-1-3-9(6-8)16-13(21)17-10(12(19)20)4-5-11(15)18/h1-3,6,10H,4-5H2,(H2,15,18)(H,19,20)(H2,16,17,21). The molecule has 0 saturated heterocycles. The summed E-state index contributed by atoms with van der Waals surface area (Å²) in [4.78, 5) is 33.3. The van der Waals surface area contributed by atoms with Gasteiger partial charge in [-0.1, -0.05) is 6.07 Å². The monoisotopic (exact) mass is 290 g/mol. The molecule has 0 spiro atoms. The van der Waals surface area contributed by atoms with Gasteiger partial charge < -0.3 is 21.5 Å². The number of aliphatic carboxylic acids is 1. The lowest BCUT2D eigenvalue weighted by Gasteiger charge is -2.14. The number of carboxylic acids is 1. The van der Waals surface area contributed by atoms with Gasteiger partial charge in [-0.05, 0) is 24.6 Å². The van der Waals surface area contributed by atoms with E-state index < -0.39 is 23.9 Å². The first kappa shape index (κ1) is 16.0. The van der Waals surface area contributed by atoms with Gasteiger partial charge in [0.05, 0.1) is 11.6 Å². The van der Waals surface area contributed by atoms with Crippen LogP contribution in [0.1, 0.15) is 18.4 Å². The van der Waals surface area contributed by atoms with Crippen LogP contribution in [-0.2, 0) is 9.59 Å². The van der Waals surface area contributed by atoms with Gasteiger partial charge in [-0.25, -0.2) is 9.59 Å². The summed E-state index contributed by atoms with van der Waals surface area (Å²) in [6, 6.07) is 6.08. The summed E-state index contributed by atoms with van der Waals surface area (Å²) in [7, 11) is 0. The van der Waals surface area contributed by atoms with Crippen LogP contribution in [0, 0.1) is 11.3 Å². The molecule has 0 fully saturated rings. The molecular formula is C13H14N4O4. The van der Waals surface area contributed by atoms with Crippen LogP contribution in [0.25, 0.3) is 0 Å². The summed E-state index contributed by atoms with van der Waals surface area (Å²) >= 11 is 0. The van der Waals surface area contributed by atoms with Crippen LogP contribution in [0.5, 0.6) is 0 Å². The number of benzene rings is 1. The molecule has 3 amide bonds. The molecule has 8 heteroatoms. The van der Waals surface area contributed by atoms with Gasteiger partial charge in [0.15, 0.2) is 0 Å². The highest BCUT2D eigenvalue weighted by atomic mass is 16.4. The molecule has 1 aromatic carbocycles. The van der Waals surface area contributed by atoms with Crippen LogP contribution in [-0.4, -0.2) is 29.1 Å². The van der Waals surface area contributed by atoms with Crippen molar-refractivity contribution in [2.75, 3.05) is 5.32 Å². The van der Waals surface area contributed by atoms with E-state index in [1.54, 1.807) is 18.2 Å². The number of anilines is 1. The Kier molecular flexibility index (Phi) is 5.70. The quantitative estimate of drug-likeness (QED) is 0.599. The number of carbonyl (C=O) groups excluding carboxylic acids is 2. The summed E-state index contributed by atoms with van der Waals surface area (Å²) in [6.07, 6.45) is -0.252. The van der Waals surface area contributed by atoms with E-state index in [0.29, 0.717) is 11.3 Å². The number of amides is 3. The third kappa shape index (κ3) is 5.61. The summed E-state index contributed by atoms with van der Waals surface area (Å²) in [5.74, 6) is -1.91. The molecule has 1 aromatic rings. The third-order valence-corrected chi connectivity index (χ3v) is 2.53. The van der Waals surface area contributed by atoms with E-state index in [0.717, 1.165) is 0 Å². The number of carbonyl (C=O) groups is 3. The van der Waals surface area contributed by atoms with Gasteiger partial charge in [0.25, 0.3) is 0 Å². The number of carboxylic acid groups (broad SMARTS) is 1. The maximum absolute atomic E-state index is 11.7. The number of urea groups is 1. The molecule has 1 unspecified atom stereocenters. The van der Waals surface area contributed by atoms with Gasteiger partial charge in [-0.3, -0.25) is 4.79 Å². The first-order valence-corrected chi connectivity index (χ1v) is 6.01. The van der Waals surface area contributed by atoms with Gasteiger partial charge in [0, 0.05) is 12.1 Å². The number of rotatable bonds is 6. The fraction of sp³-hybridized carbons (Fsp3) is 0.231. The molecule has 0 aliphatic carbocycles. The van der Waals surface area contributed by atoms with Crippen LogP contribution in [0.15, 0.2) is 24.3 Å². The second-order valence-electron chi connectivity index (χ2n) is 4.19. The normalized spacial score (nSPS) is 11.0. The van der Waals surface area contributed by atoms with Gasteiger partial charge in [0.2, 0.25) is 5.91 Å². The fourth-order valence-corrected chi connectivity index (χ4v) is 1.54. The minimum atomic E-state index is -1.27. The molecule has 0 radical (unpaired) electrons. The Bertz CT molecular complexity index is 594. The maximum Gasteiger partial charge on any atom is 0.326 e. The molecule has 0 aliphatic rings. The fourth-order valence-electron chi connectivity index (χ4n) is 1.54. The molecule has 0 bridgehead atoms. The number of primary amides is 1. The smallest absolute Gasteiger partial charge is 0.326 e. The van der Waals surface area contributed by atoms with Crippen LogP contribution < -0.4 is 16.4 Å². The minimum Gasteiger partial charge on any atom is -0.480 e. The molecule has 21 heavy (non-hydrogen) atoms. The minimum absolute atomic E-state index is 0.101. The van der Waals surface area contributed by atoms with Gasteiger partial charge in [-0.2, -0.15) is 5.26 Å². The zero-order chi connectivity index (χ0) is 15.8. The number of hydrogen-bond acceptors (Lipinski definition) is 4. The van der Waals surface area contributed by atoms with E-state index in [4.69, 9.17) is 16.1 Å². The van der Waals surface area contributed by atoms with E-state index in [-0.39, 0.29) is 12.8 Å². The number of nitriles is 1. The first-order chi connectivity index (χ1) is 9.92. The average Bonchev–Trinajstić information content (AvgIpc) is 2.43. The lowest BCUT2D eigenvalue weighted by molar-refractivity contribution is -0.139. The Labute approximate surface area is 120 Å². The van der Waals surface area contributed by atoms with E-state index in [1.165, 1.54) is 6.07 Å². The molecule has 5 N–H and O–H groups in total.